The van der Waals surface area contributed by atoms with Crippen LogP contribution in [0.15, 0.2) is 30.9 Å². The molecule has 1 aliphatic rings. The molecule has 0 N–H and O–H groups in total. The molecule has 0 aliphatic carbocycles. The lowest BCUT2D eigenvalue weighted by atomic mass is 9.98. The largest absolute Gasteiger partial charge is 0.419 e. The number of nitrogens with zero attached hydrogens (tertiary/aromatic N) is 2. The van der Waals surface area contributed by atoms with E-state index in [0.29, 0.717) is 25.7 Å². The van der Waals surface area contributed by atoms with E-state index in [1.54, 1.807) is 7.05 Å². The summed E-state index contributed by atoms with van der Waals surface area (Å²) < 4.78 is 51.1. The molecule has 4 nitrogen and oxygen atoms in total. The molecule has 0 bridgehead atoms. The summed E-state index contributed by atoms with van der Waals surface area (Å²) in [5, 5.41) is 0. The molecule has 25 heavy (non-hydrogen) atoms. The molecule has 136 valence electrons. The Morgan fingerprint density at radius 1 is 1.36 bits per heavy atom. The van der Waals surface area contributed by atoms with Gasteiger partial charge in [-0.15, -0.1) is 0 Å². The standard InChI is InChI=1S/C17H18F4N2O2/c1-3-15(24)22(2)8-12-9-23(10-12)16(25)7-11-4-5-13(14(18)6-11)17(19,20)21/h3-6,12H,1,7-10H2,2H3. The van der Waals surface area contributed by atoms with Crippen molar-refractivity contribution >= 4 is 11.8 Å². The van der Waals surface area contributed by atoms with E-state index in [9.17, 15) is 27.2 Å². The van der Waals surface area contributed by atoms with Crippen LogP contribution in [-0.2, 0) is 22.2 Å². The Morgan fingerprint density at radius 3 is 2.52 bits per heavy atom. The third kappa shape index (κ3) is 4.58. The Balaban J connectivity index is 1.87. The third-order valence-electron chi connectivity index (χ3n) is 4.09. The van der Waals surface area contributed by atoms with Gasteiger partial charge < -0.3 is 9.80 Å². The molecule has 1 aliphatic heterocycles. The van der Waals surface area contributed by atoms with Crippen molar-refractivity contribution in [1.82, 2.24) is 9.80 Å². The summed E-state index contributed by atoms with van der Waals surface area (Å²) in [6, 6.07) is 2.50. The summed E-state index contributed by atoms with van der Waals surface area (Å²) >= 11 is 0. The summed E-state index contributed by atoms with van der Waals surface area (Å²) in [7, 11) is 1.64. The van der Waals surface area contributed by atoms with Gasteiger partial charge in [-0.25, -0.2) is 4.39 Å². The van der Waals surface area contributed by atoms with Gasteiger partial charge in [0, 0.05) is 32.6 Å². The molecule has 0 aromatic heterocycles. The molecule has 1 aromatic rings. The normalized spacial score (nSPS) is 14.8. The molecular weight excluding hydrogens is 340 g/mol. The fourth-order valence-corrected chi connectivity index (χ4v) is 2.71. The van der Waals surface area contributed by atoms with Crippen molar-refractivity contribution in [2.75, 3.05) is 26.7 Å². The number of rotatable bonds is 5. The average Bonchev–Trinajstić information content (AvgIpc) is 2.47. The van der Waals surface area contributed by atoms with Crippen LogP contribution in [0.1, 0.15) is 11.1 Å². The van der Waals surface area contributed by atoms with Gasteiger partial charge >= 0.3 is 6.18 Å². The average molecular weight is 358 g/mol. The smallest absolute Gasteiger partial charge is 0.342 e. The van der Waals surface area contributed by atoms with E-state index < -0.39 is 17.6 Å². The number of halogens is 4. The molecule has 0 atom stereocenters. The molecule has 0 radical (unpaired) electrons. The minimum atomic E-state index is -4.76. The van der Waals surface area contributed by atoms with Gasteiger partial charge in [-0.05, 0) is 23.8 Å². The number of likely N-dealkylation sites (N-methyl/N-ethyl adjacent to an activating group) is 1. The number of amides is 2. The monoisotopic (exact) mass is 358 g/mol. The summed E-state index contributed by atoms with van der Waals surface area (Å²) in [5.74, 6) is -1.73. The second-order valence-electron chi connectivity index (χ2n) is 6.08. The van der Waals surface area contributed by atoms with E-state index in [1.165, 1.54) is 15.9 Å². The predicted octanol–water partition coefficient (Wildman–Crippen LogP) is 2.49. The van der Waals surface area contributed by atoms with E-state index >= 15 is 0 Å². The van der Waals surface area contributed by atoms with Crippen LogP contribution in [0.5, 0.6) is 0 Å². The summed E-state index contributed by atoms with van der Waals surface area (Å²) in [6.45, 7) is 4.79. The molecule has 1 heterocycles. The van der Waals surface area contributed by atoms with Crippen molar-refractivity contribution in [3.05, 3.63) is 47.8 Å². The first-order valence-electron chi connectivity index (χ1n) is 7.62. The van der Waals surface area contributed by atoms with Gasteiger partial charge in [0.1, 0.15) is 5.82 Å². The molecular formula is C17H18F4N2O2. The van der Waals surface area contributed by atoms with Crippen LogP contribution in [0.3, 0.4) is 0 Å². The summed E-state index contributed by atoms with van der Waals surface area (Å²) in [4.78, 5) is 26.5. The minimum Gasteiger partial charge on any atom is -0.342 e. The van der Waals surface area contributed by atoms with E-state index in [-0.39, 0.29) is 29.7 Å². The highest BCUT2D eigenvalue weighted by Crippen LogP contribution is 2.31. The van der Waals surface area contributed by atoms with E-state index in [2.05, 4.69) is 6.58 Å². The number of alkyl halides is 3. The third-order valence-corrected chi connectivity index (χ3v) is 4.09. The Labute approximate surface area is 142 Å². The topological polar surface area (TPSA) is 40.6 Å². The van der Waals surface area contributed by atoms with Crippen molar-refractivity contribution in [2.24, 2.45) is 5.92 Å². The lowest BCUT2D eigenvalue weighted by Gasteiger charge is -2.41. The lowest BCUT2D eigenvalue weighted by molar-refractivity contribution is -0.140. The Hall–Kier alpha value is -2.38. The highest BCUT2D eigenvalue weighted by Gasteiger charge is 2.35. The lowest BCUT2D eigenvalue weighted by Crippen LogP contribution is -2.54. The van der Waals surface area contributed by atoms with Crippen LogP contribution in [0.2, 0.25) is 0 Å². The zero-order valence-corrected chi connectivity index (χ0v) is 13.6. The fraction of sp³-hybridized carbons (Fsp3) is 0.412. The zero-order chi connectivity index (χ0) is 18.8. The first-order chi connectivity index (χ1) is 11.6. The Morgan fingerprint density at radius 2 is 2.00 bits per heavy atom. The van der Waals surface area contributed by atoms with Crippen LogP contribution >= 0.6 is 0 Å². The van der Waals surface area contributed by atoms with Crippen LogP contribution in [0.25, 0.3) is 0 Å². The van der Waals surface area contributed by atoms with Crippen molar-refractivity contribution in [1.29, 1.82) is 0 Å². The van der Waals surface area contributed by atoms with E-state index in [0.717, 1.165) is 12.1 Å². The van der Waals surface area contributed by atoms with Gasteiger partial charge in [0.2, 0.25) is 11.8 Å². The molecule has 8 heteroatoms. The number of carbonyl (C=O) groups is 2. The number of carbonyl (C=O) groups excluding carboxylic acids is 2. The molecule has 0 saturated carbocycles. The number of hydrogen-bond acceptors (Lipinski definition) is 2. The van der Waals surface area contributed by atoms with Gasteiger partial charge in [0.15, 0.2) is 0 Å². The molecule has 2 amide bonds. The minimum absolute atomic E-state index is 0.141. The van der Waals surface area contributed by atoms with Gasteiger partial charge in [-0.3, -0.25) is 9.59 Å². The van der Waals surface area contributed by atoms with Gasteiger partial charge in [0.05, 0.1) is 12.0 Å². The summed E-state index contributed by atoms with van der Waals surface area (Å²) in [5.41, 5.74) is -1.15. The zero-order valence-electron chi connectivity index (χ0n) is 13.6. The van der Waals surface area contributed by atoms with Crippen LogP contribution in [-0.4, -0.2) is 48.3 Å². The maximum atomic E-state index is 13.5. The van der Waals surface area contributed by atoms with Crippen LogP contribution in [0.4, 0.5) is 17.6 Å². The van der Waals surface area contributed by atoms with Crippen molar-refractivity contribution in [3.8, 4) is 0 Å². The highest BCUT2D eigenvalue weighted by molar-refractivity contribution is 5.86. The van der Waals surface area contributed by atoms with Crippen molar-refractivity contribution in [3.63, 3.8) is 0 Å². The Bertz CT molecular complexity index is 682. The SMILES string of the molecule is C=CC(=O)N(C)CC1CN(C(=O)Cc2ccc(C(F)(F)F)c(F)c2)C1. The highest BCUT2D eigenvalue weighted by atomic mass is 19.4. The predicted molar refractivity (Wildman–Crippen MR) is 83.0 cm³/mol. The van der Waals surface area contributed by atoms with Crippen molar-refractivity contribution in [2.45, 2.75) is 12.6 Å². The summed E-state index contributed by atoms with van der Waals surface area (Å²) in [6.07, 6.45) is -3.71. The second kappa shape index (κ2) is 7.25. The second-order valence-corrected chi connectivity index (χ2v) is 6.08. The van der Waals surface area contributed by atoms with Gasteiger partial charge in [0.25, 0.3) is 0 Å². The van der Waals surface area contributed by atoms with E-state index in [4.69, 9.17) is 0 Å². The van der Waals surface area contributed by atoms with Crippen molar-refractivity contribution < 1.29 is 27.2 Å². The molecule has 0 unspecified atom stereocenters. The molecule has 0 spiro atoms. The van der Waals surface area contributed by atoms with Gasteiger partial charge in [-0.1, -0.05) is 12.6 Å². The molecule has 1 saturated heterocycles. The quantitative estimate of drug-likeness (QED) is 0.599. The van der Waals surface area contributed by atoms with Crippen LogP contribution in [0, 0.1) is 11.7 Å². The molecule has 1 fully saturated rings. The number of hydrogen-bond donors (Lipinski definition) is 0. The number of likely N-dealkylation sites (tertiary alicyclic amines) is 1. The first-order valence-corrected chi connectivity index (χ1v) is 7.62. The van der Waals surface area contributed by atoms with E-state index in [1.807, 2.05) is 0 Å². The fourth-order valence-electron chi connectivity index (χ4n) is 2.71. The first kappa shape index (κ1) is 19.0. The number of benzene rings is 1. The maximum Gasteiger partial charge on any atom is 0.419 e. The van der Waals surface area contributed by atoms with Gasteiger partial charge in [-0.2, -0.15) is 13.2 Å². The molecule has 1 aromatic carbocycles. The Kier molecular flexibility index (Phi) is 5.49. The molecule has 2 rings (SSSR count). The van der Waals surface area contributed by atoms with Crippen LogP contribution < -0.4 is 0 Å². The maximum absolute atomic E-state index is 13.5.